The van der Waals surface area contributed by atoms with E-state index in [1.807, 2.05) is 31.3 Å². The van der Waals surface area contributed by atoms with E-state index in [1.165, 1.54) is 0 Å². The molecule has 0 amide bonds. The van der Waals surface area contributed by atoms with Gasteiger partial charge in [-0.15, -0.1) is 0 Å². The standard InChI is InChI=1S/C13H8BrN3O/c1-17-13(12(14)10(6-15)16-17)9-7-18-11-5-3-2-4-8(9)11/h2-5,7H,1H3. The predicted octanol–water partition coefficient (Wildman–Crippen LogP) is 3.47. The molecule has 0 N–H and O–H groups in total. The van der Waals surface area contributed by atoms with Crippen molar-refractivity contribution in [2.24, 2.45) is 7.05 Å². The van der Waals surface area contributed by atoms with Crippen LogP contribution in [-0.4, -0.2) is 9.78 Å². The van der Waals surface area contributed by atoms with Crippen molar-refractivity contribution in [3.8, 4) is 17.3 Å². The predicted molar refractivity (Wildman–Crippen MR) is 70.8 cm³/mol. The van der Waals surface area contributed by atoms with E-state index < -0.39 is 0 Å². The molecule has 18 heavy (non-hydrogen) atoms. The normalized spacial score (nSPS) is 10.7. The minimum absolute atomic E-state index is 0.373. The lowest BCUT2D eigenvalue weighted by Crippen LogP contribution is -1.93. The summed E-state index contributed by atoms with van der Waals surface area (Å²) >= 11 is 3.42. The van der Waals surface area contributed by atoms with Gasteiger partial charge in [0.1, 0.15) is 17.9 Å². The maximum atomic E-state index is 8.99. The first kappa shape index (κ1) is 11.1. The van der Waals surface area contributed by atoms with Crippen LogP contribution in [0.1, 0.15) is 5.69 Å². The van der Waals surface area contributed by atoms with Crippen molar-refractivity contribution in [1.82, 2.24) is 9.78 Å². The highest BCUT2D eigenvalue weighted by molar-refractivity contribution is 9.10. The zero-order chi connectivity index (χ0) is 12.7. The van der Waals surface area contributed by atoms with Crippen LogP contribution in [0.25, 0.3) is 22.2 Å². The fraction of sp³-hybridized carbons (Fsp3) is 0.0769. The van der Waals surface area contributed by atoms with Gasteiger partial charge in [-0.05, 0) is 22.0 Å². The maximum absolute atomic E-state index is 8.99. The molecule has 0 aliphatic rings. The zero-order valence-corrected chi connectivity index (χ0v) is 11.1. The van der Waals surface area contributed by atoms with Gasteiger partial charge in [-0.2, -0.15) is 10.4 Å². The highest BCUT2D eigenvalue weighted by Gasteiger charge is 2.18. The van der Waals surface area contributed by atoms with Crippen LogP contribution >= 0.6 is 15.9 Å². The van der Waals surface area contributed by atoms with Gasteiger partial charge >= 0.3 is 0 Å². The van der Waals surface area contributed by atoms with Crippen molar-refractivity contribution < 1.29 is 4.42 Å². The Kier molecular flexibility index (Phi) is 2.46. The third-order valence-electron chi connectivity index (χ3n) is 2.83. The fourth-order valence-corrected chi connectivity index (χ4v) is 2.66. The second-order valence-electron chi connectivity index (χ2n) is 3.89. The van der Waals surface area contributed by atoms with Crippen molar-refractivity contribution in [2.45, 2.75) is 0 Å². The number of hydrogen-bond acceptors (Lipinski definition) is 3. The van der Waals surface area contributed by atoms with E-state index in [0.29, 0.717) is 10.2 Å². The lowest BCUT2D eigenvalue weighted by molar-refractivity contribution is 0.616. The molecule has 0 fully saturated rings. The summed E-state index contributed by atoms with van der Waals surface area (Å²) in [5.41, 5.74) is 2.96. The number of aryl methyl sites for hydroxylation is 1. The first-order chi connectivity index (χ1) is 8.72. The number of para-hydroxylation sites is 1. The Balaban J connectivity index is 2.34. The summed E-state index contributed by atoms with van der Waals surface area (Å²) < 4.78 is 7.89. The van der Waals surface area contributed by atoms with Crippen LogP contribution in [0.2, 0.25) is 0 Å². The number of aromatic nitrogens is 2. The molecule has 0 bridgehead atoms. The quantitative estimate of drug-likeness (QED) is 0.691. The first-order valence-electron chi connectivity index (χ1n) is 5.31. The van der Waals surface area contributed by atoms with Crippen LogP contribution in [0, 0.1) is 11.3 Å². The van der Waals surface area contributed by atoms with Gasteiger partial charge in [-0.1, -0.05) is 18.2 Å². The summed E-state index contributed by atoms with van der Waals surface area (Å²) in [6.07, 6.45) is 1.69. The molecule has 5 heteroatoms. The van der Waals surface area contributed by atoms with E-state index in [1.54, 1.807) is 10.9 Å². The molecular weight excluding hydrogens is 294 g/mol. The van der Waals surface area contributed by atoms with Crippen molar-refractivity contribution in [3.63, 3.8) is 0 Å². The SMILES string of the molecule is Cn1nc(C#N)c(Br)c1-c1coc2ccccc12. The minimum Gasteiger partial charge on any atom is -0.464 e. The summed E-state index contributed by atoms with van der Waals surface area (Å²) in [6.45, 7) is 0. The number of fused-ring (bicyclic) bond motifs is 1. The van der Waals surface area contributed by atoms with E-state index in [4.69, 9.17) is 9.68 Å². The van der Waals surface area contributed by atoms with Gasteiger partial charge in [0.05, 0.1) is 10.2 Å². The summed E-state index contributed by atoms with van der Waals surface area (Å²) in [4.78, 5) is 0. The van der Waals surface area contributed by atoms with Crippen LogP contribution in [0.5, 0.6) is 0 Å². The summed E-state index contributed by atoms with van der Waals surface area (Å²) in [6, 6.07) is 9.83. The van der Waals surface area contributed by atoms with E-state index in [9.17, 15) is 0 Å². The smallest absolute Gasteiger partial charge is 0.177 e. The van der Waals surface area contributed by atoms with E-state index >= 15 is 0 Å². The Morgan fingerprint density at radius 3 is 2.89 bits per heavy atom. The van der Waals surface area contributed by atoms with Gasteiger partial charge in [-0.25, -0.2) is 0 Å². The van der Waals surface area contributed by atoms with E-state index in [2.05, 4.69) is 27.1 Å². The summed E-state index contributed by atoms with van der Waals surface area (Å²) in [7, 11) is 1.81. The lowest BCUT2D eigenvalue weighted by atomic mass is 10.1. The topological polar surface area (TPSA) is 54.8 Å². The Morgan fingerprint density at radius 2 is 2.17 bits per heavy atom. The molecule has 4 nitrogen and oxygen atoms in total. The van der Waals surface area contributed by atoms with Gasteiger partial charge in [0.25, 0.3) is 0 Å². The van der Waals surface area contributed by atoms with Crippen molar-refractivity contribution in [3.05, 3.63) is 40.7 Å². The average Bonchev–Trinajstić information content (AvgIpc) is 2.91. The molecule has 2 heterocycles. The zero-order valence-electron chi connectivity index (χ0n) is 9.51. The van der Waals surface area contributed by atoms with E-state index in [0.717, 1.165) is 22.2 Å². The number of nitriles is 1. The maximum Gasteiger partial charge on any atom is 0.177 e. The number of benzene rings is 1. The third-order valence-corrected chi connectivity index (χ3v) is 3.58. The number of halogens is 1. The third kappa shape index (κ3) is 1.46. The van der Waals surface area contributed by atoms with Crippen molar-refractivity contribution >= 4 is 26.9 Å². The second kappa shape index (κ2) is 4.00. The lowest BCUT2D eigenvalue weighted by Gasteiger charge is -1.99. The van der Waals surface area contributed by atoms with Crippen LogP contribution in [0.4, 0.5) is 0 Å². The molecule has 3 rings (SSSR count). The Labute approximate surface area is 112 Å². The van der Waals surface area contributed by atoms with Gasteiger partial charge in [0.15, 0.2) is 5.69 Å². The van der Waals surface area contributed by atoms with Crippen LogP contribution < -0.4 is 0 Å². The number of hydrogen-bond donors (Lipinski definition) is 0. The second-order valence-corrected chi connectivity index (χ2v) is 4.69. The number of rotatable bonds is 1. The molecule has 0 spiro atoms. The Morgan fingerprint density at radius 1 is 1.39 bits per heavy atom. The Hall–Kier alpha value is -2.06. The van der Waals surface area contributed by atoms with Crippen LogP contribution in [-0.2, 0) is 7.05 Å². The van der Waals surface area contributed by atoms with E-state index in [-0.39, 0.29) is 0 Å². The van der Waals surface area contributed by atoms with Crippen molar-refractivity contribution in [2.75, 3.05) is 0 Å². The molecule has 3 aromatic rings. The van der Waals surface area contributed by atoms with Gasteiger partial charge < -0.3 is 4.42 Å². The molecule has 0 aliphatic heterocycles. The van der Waals surface area contributed by atoms with Gasteiger partial charge in [0.2, 0.25) is 0 Å². The molecular formula is C13H8BrN3O. The molecule has 88 valence electrons. The molecule has 0 atom stereocenters. The Bertz CT molecular complexity index is 779. The molecule has 2 aromatic heterocycles. The first-order valence-corrected chi connectivity index (χ1v) is 6.11. The minimum atomic E-state index is 0.373. The molecule has 0 radical (unpaired) electrons. The van der Waals surface area contributed by atoms with Crippen LogP contribution in [0.15, 0.2) is 39.4 Å². The summed E-state index contributed by atoms with van der Waals surface area (Å²) in [5.74, 6) is 0. The molecule has 0 saturated carbocycles. The molecule has 0 unspecified atom stereocenters. The number of furan rings is 1. The molecule has 0 aliphatic carbocycles. The van der Waals surface area contributed by atoms with Crippen LogP contribution in [0.3, 0.4) is 0 Å². The largest absolute Gasteiger partial charge is 0.464 e. The van der Waals surface area contributed by atoms with Gasteiger partial charge in [0, 0.05) is 18.0 Å². The fourth-order valence-electron chi connectivity index (χ4n) is 2.02. The number of nitrogens with zero attached hydrogens (tertiary/aromatic N) is 3. The molecule has 1 aromatic carbocycles. The summed E-state index contributed by atoms with van der Waals surface area (Å²) in [5, 5.41) is 14.2. The molecule has 0 saturated heterocycles. The highest BCUT2D eigenvalue weighted by Crippen LogP contribution is 2.36. The monoisotopic (exact) mass is 301 g/mol. The highest BCUT2D eigenvalue weighted by atomic mass is 79.9. The van der Waals surface area contributed by atoms with Gasteiger partial charge in [-0.3, -0.25) is 4.68 Å². The average molecular weight is 302 g/mol. The van der Waals surface area contributed by atoms with Crippen molar-refractivity contribution in [1.29, 1.82) is 5.26 Å².